The lowest BCUT2D eigenvalue weighted by molar-refractivity contribution is 0.0579. The van der Waals surface area contributed by atoms with Crippen molar-refractivity contribution in [3.05, 3.63) is 35.4 Å². The zero-order valence-corrected chi connectivity index (χ0v) is 11.0. The number of nitriles is 1. The second kappa shape index (κ2) is 6.77. The number of hydrogen-bond donors (Lipinski definition) is 0. The van der Waals surface area contributed by atoms with Gasteiger partial charge in [-0.2, -0.15) is 5.26 Å². The largest absolute Gasteiger partial charge is 0.383 e. The van der Waals surface area contributed by atoms with Gasteiger partial charge in [0.2, 0.25) is 0 Å². The van der Waals surface area contributed by atoms with Crippen molar-refractivity contribution in [3.8, 4) is 6.07 Å². The van der Waals surface area contributed by atoms with Gasteiger partial charge in [-0.1, -0.05) is 0 Å². The summed E-state index contributed by atoms with van der Waals surface area (Å²) >= 11 is 0. The van der Waals surface area contributed by atoms with Gasteiger partial charge in [0.05, 0.1) is 24.3 Å². The Morgan fingerprint density at radius 1 is 1.44 bits per heavy atom. The van der Waals surface area contributed by atoms with Crippen molar-refractivity contribution >= 4 is 5.91 Å². The number of amides is 1. The van der Waals surface area contributed by atoms with E-state index in [1.165, 1.54) is 0 Å². The van der Waals surface area contributed by atoms with E-state index in [-0.39, 0.29) is 11.9 Å². The average Bonchev–Trinajstić information content (AvgIpc) is 2.40. The third-order valence-corrected chi connectivity index (χ3v) is 2.80. The Hall–Kier alpha value is -1.86. The van der Waals surface area contributed by atoms with Crippen molar-refractivity contribution < 1.29 is 9.53 Å². The molecule has 0 radical (unpaired) electrons. The summed E-state index contributed by atoms with van der Waals surface area (Å²) in [5.41, 5.74) is 1.15. The number of methoxy groups -OCH3 is 1. The predicted molar refractivity (Wildman–Crippen MR) is 69.2 cm³/mol. The van der Waals surface area contributed by atoms with Gasteiger partial charge in [0.15, 0.2) is 0 Å². The molecule has 1 rings (SSSR count). The van der Waals surface area contributed by atoms with Crippen LogP contribution in [0.5, 0.6) is 0 Å². The van der Waals surface area contributed by atoms with Crippen molar-refractivity contribution in [3.63, 3.8) is 0 Å². The summed E-state index contributed by atoms with van der Waals surface area (Å²) < 4.78 is 5.07. The molecule has 1 atom stereocenters. The highest BCUT2D eigenvalue weighted by Crippen LogP contribution is 2.10. The molecule has 0 saturated carbocycles. The Kier molecular flexibility index (Phi) is 5.34. The summed E-state index contributed by atoms with van der Waals surface area (Å²) in [6.07, 6.45) is 0. The zero-order valence-electron chi connectivity index (χ0n) is 11.0. The van der Waals surface area contributed by atoms with Crippen LogP contribution in [0.2, 0.25) is 0 Å². The first-order valence-corrected chi connectivity index (χ1v) is 5.94. The summed E-state index contributed by atoms with van der Waals surface area (Å²) in [5, 5.41) is 8.72. The van der Waals surface area contributed by atoms with Crippen LogP contribution in [0, 0.1) is 11.3 Å². The molecule has 0 aliphatic heterocycles. The van der Waals surface area contributed by atoms with Crippen LogP contribution in [0.4, 0.5) is 0 Å². The van der Waals surface area contributed by atoms with Gasteiger partial charge in [-0.15, -0.1) is 0 Å². The molecule has 0 N–H and O–H groups in total. The fourth-order valence-corrected chi connectivity index (χ4v) is 1.84. The lowest BCUT2D eigenvalue weighted by Crippen LogP contribution is -2.40. The topological polar surface area (TPSA) is 53.3 Å². The van der Waals surface area contributed by atoms with Gasteiger partial charge < -0.3 is 9.64 Å². The molecule has 1 unspecified atom stereocenters. The molecule has 4 heteroatoms. The van der Waals surface area contributed by atoms with Crippen LogP contribution in [-0.2, 0) is 4.74 Å². The van der Waals surface area contributed by atoms with E-state index in [1.54, 1.807) is 36.3 Å². The fraction of sp³-hybridized carbons (Fsp3) is 0.429. The zero-order chi connectivity index (χ0) is 13.5. The van der Waals surface area contributed by atoms with Crippen LogP contribution in [0.25, 0.3) is 0 Å². The maximum Gasteiger partial charge on any atom is 0.254 e. The van der Waals surface area contributed by atoms with Gasteiger partial charge >= 0.3 is 0 Å². The number of hydrogen-bond acceptors (Lipinski definition) is 3. The van der Waals surface area contributed by atoms with E-state index in [0.29, 0.717) is 24.3 Å². The van der Waals surface area contributed by atoms with Crippen LogP contribution >= 0.6 is 0 Å². The Labute approximate surface area is 108 Å². The minimum Gasteiger partial charge on any atom is -0.383 e. The summed E-state index contributed by atoms with van der Waals surface area (Å²) in [5.74, 6) is -0.0356. The van der Waals surface area contributed by atoms with Gasteiger partial charge in [0.1, 0.15) is 0 Å². The molecule has 96 valence electrons. The summed E-state index contributed by atoms with van der Waals surface area (Å²) in [4.78, 5) is 14.0. The third-order valence-electron chi connectivity index (χ3n) is 2.80. The smallest absolute Gasteiger partial charge is 0.254 e. The van der Waals surface area contributed by atoms with Crippen LogP contribution in [0.15, 0.2) is 24.3 Å². The van der Waals surface area contributed by atoms with Crippen LogP contribution in [0.1, 0.15) is 29.8 Å². The van der Waals surface area contributed by atoms with E-state index in [0.717, 1.165) is 0 Å². The number of carbonyl (C=O) groups excluding carboxylic acids is 1. The first-order chi connectivity index (χ1) is 8.63. The van der Waals surface area contributed by atoms with Gasteiger partial charge in [-0.05, 0) is 38.1 Å². The fourth-order valence-electron chi connectivity index (χ4n) is 1.84. The first kappa shape index (κ1) is 14.2. The normalized spacial score (nSPS) is 11.7. The Balaban J connectivity index is 2.86. The SMILES string of the molecule is CCN(C(=O)c1ccc(C#N)cc1)C(C)COC. The van der Waals surface area contributed by atoms with Crippen molar-refractivity contribution in [1.29, 1.82) is 5.26 Å². The summed E-state index contributed by atoms with van der Waals surface area (Å²) in [6, 6.07) is 8.74. The number of likely N-dealkylation sites (N-methyl/N-ethyl adjacent to an activating group) is 1. The van der Waals surface area contributed by atoms with E-state index >= 15 is 0 Å². The maximum absolute atomic E-state index is 12.3. The standard InChI is InChI=1S/C14H18N2O2/c1-4-16(11(2)10-18-3)14(17)13-7-5-12(9-15)6-8-13/h5-8,11H,4,10H2,1-3H3. The molecule has 1 amide bonds. The Bertz CT molecular complexity index is 434. The van der Waals surface area contributed by atoms with Crippen molar-refractivity contribution in [2.45, 2.75) is 19.9 Å². The van der Waals surface area contributed by atoms with Crippen molar-refractivity contribution in [1.82, 2.24) is 4.90 Å². The minimum absolute atomic E-state index is 0.0307. The molecule has 0 heterocycles. The van der Waals surface area contributed by atoms with E-state index in [2.05, 4.69) is 0 Å². The van der Waals surface area contributed by atoms with Gasteiger partial charge in [-0.3, -0.25) is 4.79 Å². The first-order valence-electron chi connectivity index (χ1n) is 5.94. The maximum atomic E-state index is 12.3. The predicted octanol–water partition coefficient (Wildman–Crippen LogP) is 2.06. The highest BCUT2D eigenvalue weighted by molar-refractivity contribution is 5.94. The molecule has 0 aromatic heterocycles. The lowest BCUT2D eigenvalue weighted by atomic mass is 10.1. The number of ether oxygens (including phenoxy) is 1. The highest BCUT2D eigenvalue weighted by Gasteiger charge is 2.19. The van der Waals surface area contributed by atoms with E-state index in [9.17, 15) is 4.79 Å². The van der Waals surface area contributed by atoms with Gasteiger partial charge in [0.25, 0.3) is 5.91 Å². The molecule has 0 saturated heterocycles. The highest BCUT2D eigenvalue weighted by atomic mass is 16.5. The number of benzene rings is 1. The van der Waals surface area contributed by atoms with Crippen molar-refractivity contribution in [2.75, 3.05) is 20.3 Å². The minimum atomic E-state index is -0.0356. The molecule has 0 aliphatic carbocycles. The molecule has 0 spiro atoms. The molecule has 0 aliphatic rings. The van der Waals surface area contributed by atoms with Gasteiger partial charge in [0, 0.05) is 19.2 Å². The second-order valence-electron chi connectivity index (χ2n) is 4.08. The number of nitrogens with zero attached hydrogens (tertiary/aromatic N) is 2. The molecule has 1 aromatic carbocycles. The molecule has 0 bridgehead atoms. The van der Waals surface area contributed by atoms with E-state index in [4.69, 9.17) is 10.00 Å². The number of carbonyl (C=O) groups is 1. The molecule has 0 fully saturated rings. The van der Waals surface area contributed by atoms with E-state index < -0.39 is 0 Å². The lowest BCUT2D eigenvalue weighted by Gasteiger charge is -2.27. The second-order valence-corrected chi connectivity index (χ2v) is 4.08. The Morgan fingerprint density at radius 3 is 2.50 bits per heavy atom. The van der Waals surface area contributed by atoms with Crippen molar-refractivity contribution in [2.24, 2.45) is 0 Å². The van der Waals surface area contributed by atoms with E-state index in [1.807, 2.05) is 19.9 Å². The molecule has 4 nitrogen and oxygen atoms in total. The van der Waals surface area contributed by atoms with Crippen LogP contribution in [-0.4, -0.2) is 37.1 Å². The summed E-state index contributed by atoms with van der Waals surface area (Å²) in [7, 11) is 1.62. The molecule has 1 aromatic rings. The monoisotopic (exact) mass is 246 g/mol. The van der Waals surface area contributed by atoms with Crippen LogP contribution < -0.4 is 0 Å². The average molecular weight is 246 g/mol. The molecule has 18 heavy (non-hydrogen) atoms. The Morgan fingerprint density at radius 2 is 2.06 bits per heavy atom. The van der Waals surface area contributed by atoms with Gasteiger partial charge in [-0.25, -0.2) is 0 Å². The quantitative estimate of drug-likeness (QED) is 0.799. The third kappa shape index (κ3) is 3.31. The van der Waals surface area contributed by atoms with Crippen LogP contribution in [0.3, 0.4) is 0 Å². The summed E-state index contributed by atoms with van der Waals surface area (Å²) in [6.45, 7) is 5.03. The molecular weight excluding hydrogens is 228 g/mol. The number of rotatable bonds is 5. The molecular formula is C14H18N2O2.